The van der Waals surface area contributed by atoms with Gasteiger partial charge in [0.05, 0.1) is 19.1 Å². The van der Waals surface area contributed by atoms with Crippen LogP contribution in [0.25, 0.3) is 0 Å². The van der Waals surface area contributed by atoms with Crippen molar-refractivity contribution in [3.8, 4) is 23.0 Å². The Labute approximate surface area is 165 Å². The van der Waals surface area contributed by atoms with Gasteiger partial charge in [-0.05, 0) is 18.2 Å². The van der Waals surface area contributed by atoms with Gasteiger partial charge in [-0.25, -0.2) is 0 Å². The molecule has 2 rings (SSSR count). The van der Waals surface area contributed by atoms with Gasteiger partial charge < -0.3 is 35.8 Å². The van der Waals surface area contributed by atoms with E-state index < -0.39 is 47.5 Å². The number of hydrogen-bond acceptors (Lipinski definition) is 8. The average Bonchev–Trinajstić information content (AvgIpc) is 2.70. The molecule has 154 valence electrons. The summed E-state index contributed by atoms with van der Waals surface area (Å²) in [5.74, 6) is -4.42. The van der Waals surface area contributed by atoms with Crippen molar-refractivity contribution in [2.24, 2.45) is 0 Å². The van der Waals surface area contributed by atoms with E-state index in [4.69, 9.17) is 0 Å². The van der Waals surface area contributed by atoms with Crippen molar-refractivity contribution in [2.75, 3.05) is 7.11 Å². The highest BCUT2D eigenvalue weighted by Gasteiger charge is 2.26. The summed E-state index contributed by atoms with van der Waals surface area (Å²) >= 11 is 0. The Hall–Kier alpha value is -3.95. The van der Waals surface area contributed by atoms with Gasteiger partial charge in [0.15, 0.2) is 23.0 Å². The number of aromatic hydroxyl groups is 4. The Morgan fingerprint density at radius 1 is 0.966 bits per heavy atom. The number of rotatable bonds is 7. The van der Waals surface area contributed by atoms with Crippen molar-refractivity contribution in [3.05, 3.63) is 47.5 Å². The number of esters is 1. The first-order valence-corrected chi connectivity index (χ1v) is 8.40. The predicted octanol–water partition coefficient (Wildman–Crippen LogP) is 0.487. The topological polar surface area (TPSA) is 165 Å². The average molecular weight is 404 g/mol. The standard InChI is InChI=1S/C19H20N2O8/c1-29-15(24)8-12(21-18(27)11-5-3-7-14(23)17(11)26)19(28)20-9-10-4-2-6-13(22)16(10)25/h2-7,12,22-23,25-26H,8-9H2,1H3,(H,20,28)(H,21,27)/t12-/m0/s1. The van der Waals surface area contributed by atoms with Crippen molar-refractivity contribution in [1.29, 1.82) is 0 Å². The first kappa shape index (κ1) is 21.4. The van der Waals surface area contributed by atoms with Crippen molar-refractivity contribution >= 4 is 17.8 Å². The van der Waals surface area contributed by atoms with Crippen molar-refractivity contribution in [3.63, 3.8) is 0 Å². The Bertz CT molecular complexity index is 928. The maximum Gasteiger partial charge on any atom is 0.308 e. The monoisotopic (exact) mass is 404 g/mol. The van der Waals surface area contributed by atoms with Crippen LogP contribution < -0.4 is 10.6 Å². The number of nitrogens with one attached hydrogen (secondary N) is 2. The number of carbonyl (C=O) groups excluding carboxylic acids is 3. The molecule has 0 saturated heterocycles. The summed E-state index contributed by atoms with van der Waals surface area (Å²) in [6.45, 7) is -0.190. The van der Waals surface area contributed by atoms with Gasteiger partial charge in [-0.15, -0.1) is 0 Å². The normalized spacial score (nSPS) is 11.3. The number of amides is 2. The highest BCUT2D eigenvalue weighted by atomic mass is 16.5. The lowest BCUT2D eigenvalue weighted by Crippen LogP contribution is -2.47. The summed E-state index contributed by atoms with van der Waals surface area (Å²) in [6.07, 6.45) is -0.500. The van der Waals surface area contributed by atoms with E-state index in [9.17, 15) is 34.8 Å². The zero-order chi connectivity index (χ0) is 21.6. The van der Waals surface area contributed by atoms with Crippen molar-refractivity contribution < 1.29 is 39.5 Å². The largest absolute Gasteiger partial charge is 0.504 e. The van der Waals surface area contributed by atoms with E-state index in [1.54, 1.807) is 0 Å². The molecule has 0 aliphatic rings. The van der Waals surface area contributed by atoms with Crippen molar-refractivity contribution in [1.82, 2.24) is 10.6 Å². The van der Waals surface area contributed by atoms with Crippen LogP contribution in [0.15, 0.2) is 36.4 Å². The molecular weight excluding hydrogens is 384 g/mol. The number of hydrogen-bond donors (Lipinski definition) is 6. The second kappa shape index (κ2) is 9.31. The van der Waals surface area contributed by atoms with E-state index in [-0.39, 0.29) is 23.4 Å². The fraction of sp³-hybridized carbons (Fsp3) is 0.211. The summed E-state index contributed by atoms with van der Waals surface area (Å²) in [5, 5.41) is 43.3. The number of benzene rings is 2. The van der Waals surface area contributed by atoms with Crippen LogP contribution in [0, 0.1) is 0 Å². The number of para-hydroxylation sites is 2. The number of phenolic OH excluding ortho intramolecular Hbond substituents is 4. The van der Waals surface area contributed by atoms with Gasteiger partial charge in [-0.2, -0.15) is 0 Å². The zero-order valence-corrected chi connectivity index (χ0v) is 15.4. The highest BCUT2D eigenvalue weighted by molar-refractivity contribution is 6.01. The molecule has 0 bridgehead atoms. The quantitative estimate of drug-likeness (QED) is 0.286. The van der Waals surface area contributed by atoms with Crippen LogP contribution in [0.3, 0.4) is 0 Å². The molecule has 2 amide bonds. The zero-order valence-electron chi connectivity index (χ0n) is 15.4. The second-order valence-corrected chi connectivity index (χ2v) is 5.98. The third kappa shape index (κ3) is 5.28. The molecule has 2 aromatic rings. The molecule has 0 heterocycles. The lowest BCUT2D eigenvalue weighted by atomic mass is 10.1. The molecule has 0 aromatic heterocycles. The van der Waals surface area contributed by atoms with Gasteiger partial charge in [0.25, 0.3) is 5.91 Å². The molecule has 2 aromatic carbocycles. The summed E-state index contributed by atoms with van der Waals surface area (Å²) in [7, 11) is 1.12. The minimum Gasteiger partial charge on any atom is -0.504 e. The molecule has 6 N–H and O–H groups in total. The van der Waals surface area contributed by atoms with E-state index >= 15 is 0 Å². The molecule has 0 saturated carbocycles. The van der Waals surface area contributed by atoms with Crippen LogP contribution in [-0.4, -0.2) is 51.4 Å². The number of methoxy groups -OCH3 is 1. The number of carbonyl (C=O) groups is 3. The molecule has 10 heteroatoms. The van der Waals surface area contributed by atoms with Crippen molar-refractivity contribution in [2.45, 2.75) is 19.0 Å². The molecular formula is C19H20N2O8. The summed E-state index contributed by atoms with van der Waals surface area (Å²) in [6, 6.07) is 6.56. The minimum atomic E-state index is -1.36. The first-order valence-electron chi connectivity index (χ1n) is 8.40. The molecule has 0 unspecified atom stereocenters. The molecule has 29 heavy (non-hydrogen) atoms. The van der Waals surface area contributed by atoms with E-state index in [1.807, 2.05) is 0 Å². The number of phenols is 4. The van der Waals surface area contributed by atoms with Crippen LogP contribution in [-0.2, 0) is 20.9 Å². The van der Waals surface area contributed by atoms with E-state index in [2.05, 4.69) is 15.4 Å². The molecule has 10 nitrogen and oxygen atoms in total. The molecule has 0 fully saturated rings. The van der Waals surface area contributed by atoms with Crippen LogP contribution in [0.4, 0.5) is 0 Å². The Morgan fingerprint density at radius 2 is 1.59 bits per heavy atom. The van der Waals surface area contributed by atoms with Gasteiger partial charge in [0.2, 0.25) is 5.91 Å². The molecule has 0 radical (unpaired) electrons. The van der Waals surface area contributed by atoms with E-state index in [0.717, 1.165) is 7.11 Å². The third-order valence-corrected chi connectivity index (χ3v) is 4.03. The second-order valence-electron chi connectivity index (χ2n) is 5.98. The van der Waals surface area contributed by atoms with Crippen LogP contribution in [0.1, 0.15) is 22.3 Å². The van der Waals surface area contributed by atoms with Gasteiger partial charge >= 0.3 is 5.97 Å². The SMILES string of the molecule is COC(=O)C[C@H](NC(=O)c1cccc(O)c1O)C(=O)NCc1cccc(O)c1O. The maximum atomic E-state index is 12.5. The fourth-order valence-corrected chi connectivity index (χ4v) is 2.44. The van der Waals surface area contributed by atoms with Gasteiger partial charge in [0, 0.05) is 12.1 Å². The van der Waals surface area contributed by atoms with E-state index in [0.29, 0.717) is 0 Å². The lowest BCUT2D eigenvalue weighted by molar-refractivity contribution is -0.143. The van der Waals surface area contributed by atoms with Gasteiger partial charge in [-0.3, -0.25) is 14.4 Å². The molecule has 0 aliphatic carbocycles. The predicted molar refractivity (Wildman–Crippen MR) is 99.3 cm³/mol. The third-order valence-electron chi connectivity index (χ3n) is 4.03. The van der Waals surface area contributed by atoms with Crippen LogP contribution in [0.2, 0.25) is 0 Å². The van der Waals surface area contributed by atoms with Crippen LogP contribution >= 0.6 is 0 Å². The maximum absolute atomic E-state index is 12.5. The molecule has 1 atom stereocenters. The number of ether oxygens (including phenoxy) is 1. The molecule has 0 aliphatic heterocycles. The summed E-state index contributed by atoms with van der Waals surface area (Å²) in [4.78, 5) is 36.5. The smallest absolute Gasteiger partial charge is 0.308 e. The van der Waals surface area contributed by atoms with Gasteiger partial charge in [-0.1, -0.05) is 18.2 Å². The van der Waals surface area contributed by atoms with Gasteiger partial charge in [0.1, 0.15) is 6.04 Å². The molecule has 0 spiro atoms. The fourth-order valence-electron chi connectivity index (χ4n) is 2.44. The summed E-state index contributed by atoms with van der Waals surface area (Å²) in [5.41, 5.74) is -0.0783. The summed E-state index contributed by atoms with van der Waals surface area (Å²) < 4.78 is 4.53. The first-order chi connectivity index (χ1) is 13.7. The minimum absolute atomic E-state index is 0.190. The van der Waals surface area contributed by atoms with Crippen LogP contribution in [0.5, 0.6) is 23.0 Å². The Kier molecular flexibility index (Phi) is 6.85. The Morgan fingerprint density at radius 3 is 2.24 bits per heavy atom. The lowest BCUT2D eigenvalue weighted by Gasteiger charge is -2.18. The Balaban J connectivity index is 2.15. The van der Waals surface area contributed by atoms with E-state index in [1.165, 1.54) is 36.4 Å². The highest BCUT2D eigenvalue weighted by Crippen LogP contribution is 2.29.